The van der Waals surface area contributed by atoms with Gasteiger partial charge in [0.1, 0.15) is 0 Å². The topological polar surface area (TPSA) is 0 Å². The van der Waals surface area contributed by atoms with E-state index >= 15 is 0 Å². The van der Waals surface area contributed by atoms with Gasteiger partial charge in [0.2, 0.25) is 0 Å². The maximum absolute atomic E-state index is 2.47. The van der Waals surface area contributed by atoms with Crippen molar-refractivity contribution in [2.24, 2.45) is 29.1 Å². The summed E-state index contributed by atoms with van der Waals surface area (Å²) in [6.07, 6.45) is 4.07. The monoisotopic (exact) mass is 226 g/mol. The second kappa shape index (κ2) is 6.67. The minimum absolute atomic E-state index is 0.467. The molecule has 0 rings (SSSR count). The fourth-order valence-corrected chi connectivity index (χ4v) is 2.88. The van der Waals surface area contributed by atoms with Crippen LogP contribution in [0.4, 0.5) is 0 Å². The molecule has 0 aliphatic heterocycles. The smallest absolute Gasteiger partial charge is 0.0358 e. The first-order chi connectivity index (χ1) is 7.19. The maximum atomic E-state index is 2.47. The molecule has 0 aliphatic rings. The van der Waals surface area contributed by atoms with Crippen LogP contribution in [0, 0.1) is 29.1 Å². The summed E-state index contributed by atoms with van der Waals surface area (Å²) in [6.45, 7) is 19.1. The molecule has 0 aromatic rings. The summed E-state index contributed by atoms with van der Waals surface area (Å²) in [6, 6.07) is 0. The largest absolute Gasteiger partial charge is 0.0654 e. The van der Waals surface area contributed by atoms with Crippen LogP contribution in [0.5, 0.6) is 0 Å². The van der Waals surface area contributed by atoms with Gasteiger partial charge in [-0.2, -0.15) is 0 Å². The van der Waals surface area contributed by atoms with Crippen molar-refractivity contribution >= 4 is 0 Å². The average Bonchev–Trinajstić information content (AvgIpc) is 2.11. The van der Waals surface area contributed by atoms with Gasteiger partial charge in [-0.25, -0.2) is 0 Å². The molecule has 98 valence electrons. The molecule has 0 saturated heterocycles. The molecule has 0 bridgehead atoms. The zero-order valence-electron chi connectivity index (χ0n) is 12.9. The third kappa shape index (κ3) is 5.92. The van der Waals surface area contributed by atoms with Crippen molar-refractivity contribution in [1.29, 1.82) is 0 Å². The summed E-state index contributed by atoms with van der Waals surface area (Å²) < 4.78 is 0. The standard InChI is InChI=1S/C16H34/c1-9-10-13(4)14(5)15(12(2)3)11-16(6,7)8/h12-15H,9-11H2,1-8H3. The lowest BCUT2D eigenvalue weighted by Gasteiger charge is -2.36. The van der Waals surface area contributed by atoms with Crippen LogP contribution in [0.3, 0.4) is 0 Å². The lowest BCUT2D eigenvalue weighted by molar-refractivity contribution is 0.138. The molecule has 0 aromatic heterocycles. The SMILES string of the molecule is CCCC(C)C(C)C(CC(C)(C)C)C(C)C. The lowest BCUT2D eigenvalue weighted by Crippen LogP contribution is -2.27. The quantitative estimate of drug-likeness (QED) is 0.539. The number of hydrogen-bond donors (Lipinski definition) is 0. The molecule has 3 unspecified atom stereocenters. The molecule has 0 saturated carbocycles. The van der Waals surface area contributed by atoms with Crippen LogP contribution in [0.15, 0.2) is 0 Å². The van der Waals surface area contributed by atoms with Crippen LogP contribution in [0.2, 0.25) is 0 Å². The van der Waals surface area contributed by atoms with Crippen LogP contribution in [-0.2, 0) is 0 Å². The highest BCUT2D eigenvalue weighted by molar-refractivity contribution is 4.78. The van der Waals surface area contributed by atoms with Crippen molar-refractivity contribution < 1.29 is 0 Å². The van der Waals surface area contributed by atoms with Crippen molar-refractivity contribution in [2.45, 2.75) is 74.7 Å². The van der Waals surface area contributed by atoms with Gasteiger partial charge >= 0.3 is 0 Å². The summed E-state index contributed by atoms with van der Waals surface area (Å²) in [5.41, 5.74) is 0.467. The van der Waals surface area contributed by atoms with Gasteiger partial charge in [0.15, 0.2) is 0 Å². The van der Waals surface area contributed by atoms with Crippen molar-refractivity contribution in [2.75, 3.05) is 0 Å². The molecular weight excluding hydrogens is 192 g/mol. The molecule has 0 spiro atoms. The van der Waals surface area contributed by atoms with Crippen LogP contribution in [0.25, 0.3) is 0 Å². The van der Waals surface area contributed by atoms with Crippen LogP contribution in [0.1, 0.15) is 74.7 Å². The summed E-state index contributed by atoms with van der Waals surface area (Å²) in [4.78, 5) is 0. The van der Waals surface area contributed by atoms with Gasteiger partial charge in [-0.15, -0.1) is 0 Å². The van der Waals surface area contributed by atoms with Gasteiger partial charge in [-0.1, -0.05) is 68.2 Å². The highest BCUT2D eigenvalue weighted by atomic mass is 14.3. The molecule has 0 amide bonds. The van der Waals surface area contributed by atoms with E-state index in [9.17, 15) is 0 Å². The molecule has 3 atom stereocenters. The second-order valence-electron chi connectivity index (χ2n) is 7.30. The van der Waals surface area contributed by atoms with E-state index < -0.39 is 0 Å². The summed E-state index contributed by atoms with van der Waals surface area (Å²) >= 11 is 0. The van der Waals surface area contributed by atoms with Crippen LogP contribution < -0.4 is 0 Å². The molecule has 0 nitrogen and oxygen atoms in total. The van der Waals surface area contributed by atoms with E-state index in [0.717, 1.165) is 23.7 Å². The Kier molecular flexibility index (Phi) is 6.67. The molecule has 0 fully saturated rings. The molecule has 0 heteroatoms. The molecule has 0 radical (unpaired) electrons. The predicted molar refractivity (Wildman–Crippen MR) is 75.6 cm³/mol. The molecule has 0 aromatic carbocycles. The number of hydrogen-bond acceptors (Lipinski definition) is 0. The fourth-order valence-electron chi connectivity index (χ4n) is 2.88. The predicted octanol–water partition coefficient (Wildman–Crippen LogP) is 5.77. The zero-order chi connectivity index (χ0) is 12.9. The third-order valence-electron chi connectivity index (χ3n) is 4.02. The van der Waals surface area contributed by atoms with Crippen molar-refractivity contribution in [1.82, 2.24) is 0 Å². The van der Waals surface area contributed by atoms with Gasteiger partial charge in [0.05, 0.1) is 0 Å². The third-order valence-corrected chi connectivity index (χ3v) is 4.02. The first-order valence-corrected chi connectivity index (χ1v) is 7.19. The fraction of sp³-hybridized carbons (Fsp3) is 1.00. The van der Waals surface area contributed by atoms with E-state index in [-0.39, 0.29) is 0 Å². The van der Waals surface area contributed by atoms with Crippen molar-refractivity contribution in [3.63, 3.8) is 0 Å². The van der Waals surface area contributed by atoms with E-state index in [1.54, 1.807) is 0 Å². The lowest BCUT2D eigenvalue weighted by atomic mass is 9.69. The normalized spacial score (nSPS) is 18.6. The van der Waals surface area contributed by atoms with E-state index in [2.05, 4.69) is 55.4 Å². The Bertz CT molecular complexity index is 173. The molecule has 16 heavy (non-hydrogen) atoms. The van der Waals surface area contributed by atoms with Gasteiger partial charge in [-0.05, 0) is 35.5 Å². The van der Waals surface area contributed by atoms with Gasteiger partial charge in [-0.3, -0.25) is 0 Å². The summed E-state index contributed by atoms with van der Waals surface area (Å²) in [7, 11) is 0. The zero-order valence-corrected chi connectivity index (χ0v) is 12.9. The first-order valence-electron chi connectivity index (χ1n) is 7.19. The Morgan fingerprint density at radius 2 is 1.44 bits per heavy atom. The van der Waals surface area contributed by atoms with E-state index in [1.807, 2.05) is 0 Å². The summed E-state index contributed by atoms with van der Waals surface area (Å²) in [5, 5.41) is 0. The van der Waals surface area contributed by atoms with Gasteiger partial charge < -0.3 is 0 Å². The Balaban J connectivity index is 4.52. The highest BCUT2D eigenvalue weighted by Gasteiger charge is 2.28. The molecule has 0 heterocycles. The van der Waals surface area contributed by atoms with E-state index in [0.29, 0.717) is 5.41 Å². The van der Waals surface area contributed by atoms with E-state index in [4.69, 9.17) is 0 Å². The van der Waals surface area contributed by atoms with Crippen LogP contribution >= 0.6 is 0 Å². The molecule has 0 N–H and O–H groups in total. The minimum Gasteiger partial charge on any atom is -0.0654 e. The average molecular weight is 226 g/mol. The van der Waals surface area contributed by atoms with Crippen molar-refractivity contribution in [3.05, 3.63) is 0 Å². The van der Waals surface area contributed by atoms with Gasteiger partial charge in [0, 0.05) is 0 Å². The minimum atomic E-state index is 0.467. The van der Waals surface area contributed by atoms with Gasteiger partial charge in [0.25, 0.3) is 0 Å². The maximum Gasteiger partial charge on any atom is -0.0358 e. The molecule has 0 aliphatic carbocycles. The Morgan fingerprint density at radius 1 is 0.938 bits per heavy atom. The first kappa shape index (κ1) is 16.0. The Morgan fingerprint density at radius 3 is 1.75 bits per heavy atom. The Labute approximate surface area is 104 Å². The molecular formula is C16H34. The van der Waals surface area contributed by atoms with E-state index in [1.165, 1.54) is 19.3 Å². The van der Waals surface area contributed by atoms with Crippen LogP contribution in [-0.4, -0.2) is 0 Å². The second-order valence-corrected chi connectivity index (χ2v) is 7.30. The number of rotatable bonds is 6. The van der Waals surface area contributed by atoms with Crippen molar-refractivity contribution in [3.8, 4) is 0 Å². The summed E-state index contributed by atoms with van der Waals surface area (Å²) in [5.74, 6) is 3.43. The highest BCUT2D eigenvalue weighted by Crippen LogP contribution is 2.37. The Hall–Kier alpha value is 0.